The molecule has 2 rings (SSSR count). The zero-order valence-corrected chi connectivity index (χ0v) is 9.53. The number of nitrogens with zero attached hydrogens (tertiary/aromatic N) is 1. The van der Waals surface area contributed by atoms with Crippen molar-refractivity contribution in [3.8, 4) is 0 Å². The van der Waals surface area contributed by atoms with Crippen molar-refractivity contribution in [3.05, 3.63) is 0 Å². The molecular weight excluding hydrogens is 190 g/mol. The Hall–Kier alpha value is -0.120. The molecule has 1 unspecified atom stereocenters. The Morgan fingerprint density at radius 3 is 2.53 bits per heavy atom. The molecule has 1 N–H and O–H groups in total. The molecule has 1 saturated carbocycles. The van der Waals surface area contributed by atoms with Crippen molar-refractivity contribution >= 4 is 0 Å². The van der Waals surface area contributed by atoms with Crippen LogP contribution in [-0.2, 0) is 4.74 Å². The van der Waals surface area contributed by atoms with E-state index in [9.17, 15) is 0 Å². The molecule has 0 aromatic carbocycles. The van der Waals surface area contributed by atoms with Crippen LogP contribution >= 0.6 is 0 Å². The molecule has 2 fully saturated rings. The van der Waals surface area contributed by atoms with Crippen LogP contribution in [0, 0.1) is 0 Å². The number of rotatable bonds is 5. The molecule has 1 heterocycles. The highest BCUT2D eigenvalue weighted by atomic mass is 16.5. The highest BCUT2D eigenvalue weighted by Crippen LogP contribution is 2.26. The van der Waals surface area contributed by atoms with Gasteiger partial charge in [-0.3, -0.25) is 4.90 Å². The largest absolute Gasteiger partial charge is 0.395 e. The summed E-state index contributed by atoms with van der Waals surface area (Å²) in [5.41, 5.74) is 0. The first kappa shape index (κ1) is 11.4. The molecule has 1 aliphatic carbocycles. The molecule has 2 aliphatic rings. The summed E-state index contributed by atoms with van der Waals surface area (Å²) in [6, 6.07) is 0.725. The third-order valence-electron chi connectivity index (χ3n) is 3.69. The lowest BCUT2D eigenvalue weighted by Crippen LogP contribution is -2.46. The maximum absolute atomic E-state index is 9.05. The summed E-state index contributed by atoms with van der Waals surface area (Å²) in [4.78, 5) is 2.43. The van der Waals surface area contributed by atoms with Gasteiger partial charge in [0.15, 0.2) is 0 Å². The highest BCUT2D eigenvalue weighted by Gasteiger charge is 2.27. The third-order valence-corrected chi connectivity index (χ3v) is 3.69. The number of aliphatic hydroxyl groups is 1. The lowest BCUT2D eigenvalue weighted by molar-refractivity contribution is -0.0250. The predicted octanol–water partition coefficient (Wildman–Crippen LogP) is 1.40. The Balaban J connectivity index is 1.76. The van der Waals surface area contributed by atoms with Crippen LogP contribution in [0.3, 0.4) is 0 Å². The van der Waals surface area contributed by atoms with Gasteiger partial charge in [0.25, 0.3) is 0 Å². The minimum Gasteiger partial charge on any atom is -0.395 e. The van der Waals surface area contributed by atoms with Crippen molar-refractivity contribution in [1.82, 2.24) is 4.90 Å². The maximum atomic E-state index is 9.05. The molecule has 0 radical (unpaired) electrons. The molecule has 0 spiro atoms. The Bertz CT molecular complexity index is 176. The van der Waals surface area contributed by atoms with Gasteiger partial charge in [0, 0.05) is 25.7 Å². The molecule has 0 aromatic heterocycles. The van der Waals surface area contributed by atoms with E-state index < -0.39 is 0 Å². The maximum Gasteiger partial charge on any atom is 0.0702 e. The van der Waals surface area contributed by atoms with Crippen molar-refractivity contribution in [3.63, 3.8) is 0 Å². The van der Waals surface area contributed by atoms with Gasteiger partial charge in [-0.1, -0.05) is 6.42 Å². The van der Waals surface area contributed by atoms with Crippen LogP contribution in [0.5, 0.6) is 0 Å². The quantitative estimate of drug-likeness (QED) is 0.749. The summed E-state index contributed by atoms with van der Waals surface area (Å²) in [5, 5.41) is 9.05. The molecule has 1 atom stereocenters. The second-order valence-electron chi connectivity index (χ2n) is 4.79. The van der Waals surface area contributed by atoms with E-state index in [2.05, 4.69) is 4.90 Å². The highest BCUT2D eigenvalue weighted by molar-refractivity contribution is 4.82. The fourth-order valence-electron chi connectivity index (χ4n) is 2.52. The van der Waals surface area contributed by atoms with Crippen LogP contribution < -0.4 is 0 Å². The molecule has 0 amide bonds. The number of hydrogen-bond donors (Lipinski definition) is 1. The average Bonchev–Trinajstić information content (AvgIpc) is 2.17. The summed E-state index contributed by atoms with van der Waals surface area (Å²) in [6.07, 6.45) is 8.14. The zero-order chi connectivity index (χ0) is 10.5. The van der Waals surface area contributed by atoms with Crippen molar-refractivity contribution < 1.29 is 9.84 Å². The normalized spacial score (nSPS) is 28.0. The predicted molar refractivity (Wildman–Crippen MR) is 59.9 cm³/mol. The first-order valence-electron chi connectivity index (χ1n) is 6.36. The van der Waals surface area contributed by atoms with Gasteiger partial charge in [-0.25, -0.2) is 0 Å². The van der Waals surface area contributed by atoms with E-state index in [1.165, 1.54) is 38.5 Å². The molecule has 0 bridgehead atoms. The van der Waals surface area contributed by atoms with Crippen molar-refractivity contribution in [1.29, 1.82) is 0 Å². The first-order chi connectivity index (χ1) is 7.40. The summed E-state index contributed by atoms with van der Waals surface area (Å²) in [5.74, 6) is 0. The molecule has 3 nitrogen and oxygen atoms in total. The number of aliphatic hydroxyl groups excluding tert-OH is 1. The van der Waals surface area contributed by atoms with Crippen LogP contribution in [0.1, 0.15) is 38.5 Å². The molecule has 0 aromatic rings. The Morgan fingerprint density at radius 2 is 2.00 bits per heavy atom. The third kappa shape index (κ3) is 3.16. The summed E-state index contributed by atoms with van der Waals surface area (Å²) < 4.78 is 5.75. The number of hydrogen-bond acceptors (Lipinski definition) is 3. The molecule has 1 aliphatic heterocycles. The van der Waals surface area contributed by atoms with E-state index in [1.807, 2.05) is 0 Å². The van der Waals surface area contributed by atoms with Crippen LogP contribution in [0.4, 0.5) is 0 Å². The fraction of sp³-hybridized carbons (Fsp3) is 1.00. The standard InChI is InChI=1S/C12H23NO2/c14-8-7-13(11-4-3-5-11)10-12-6-1-2-9-15-12/h11-12,14H,1-10H2. The molecule has 88 valence electrons. The van der Waals surface area contributed by atoms with Gasteiger partial charge < -0.3 is 9.84 Å². The van der Waals surface area contributed by atoms with Crippen LogP contribution in [0.15, 0.2) is 0 Å². The van der Waals surface area contributed by atoms with Gasteiger partial charge >= 0.3 is 0 Å². The second kappa shape index (κ2) is 5.83. The fourth-order valence-corrected chi connectivity index (χ4v) is 2.52. The lowest BCUT2D eigenvalue weighted by atomic mass is 9.91. The van der Waals surface area contributed by atoms with Gasteiger partial charge in [0.05, 0.1) is 12.7 Å². The Kier molecular flexibility index (Phi) is 4.42. The van der Waals surface area contributed by atoms with Crippen molar-refractivity contribution in [2.45, 2.75) is 50.7 Å². The van der Waals surface area contributed by atoms with Gasteiger partial charge in [0.1, 0.15) is 0 Å². The molecule has 1 saturated heterocycles. The van der Waals surface area contributed by atoms with Crippen molar-refractivity contribution in [2.75, 3.05) is 26.3 Å². The SMILES string of the molecule is OCCN(CC1CCCCO1)C1CCC1. The van der Waals surface area contributed by atoms with E-state index in [0.29, 0.717) is 6.10 Å². The average molecular weight is 213 g/mol. The summed E-state index contributed by atoms with van der Waals surface area (Å²) in [6.45, 7) is 3.07. The molecular formula is C12H23NO2. The van der Waals surface area contributed by atoms with E-state index >= 15 is 0 Å². The van der Waals surface area contributed by atoms with E-state index in [0.717, 1.165) is 25.7 Å². The van der Waals surface area contributed by atoms with Gasteiger partial charge in [-0.05, 0) is 32.1 Å². The van der Waals surface area contributed by atoms with Crippen molar-refractivity contribution in [2.24, 2.45) is 0 Å². The van der Waals surface area contributed by atoms with E-state index in [4.69, 9.17) is 9.84 Å². The topological polar surface area (TPSA) is 32.7 Å². The lowest BCUT2D eigenvalue weighted by Gasteiger charge is -2.39. The minimum atomic E-state index is 0.281. The smallest absolute Gasteiger partial charge is 0.0702 e. The Morgan fingerprint density at radius 1 is 1.13 bits per heavy atom. The first-order valence-corrected chi connectivity index (χ1v) is 6.36. The van der Waals surface area contributed by atoms with Gasteiger partial charge in [0.2, 0.25) is 0 Å². The van der Waals surface area contributed by atoms with Crippen LogP contribution in [0.2, 0.25) is 0 Å². The van der Waals surface area contributed by atoms with Gasteiger partial charge in [-0.15, -0.1) is 0 Å². The second-order valence-corrected chi connectivity index (χ2v) is 4.79. The molecule has 15 heavy (non-hydrogen) atoms. The van der Waals surface area contributed by atoms with Crippen LogP contribution in [-0.4, -0.2) is 48.5 Å². The Labute approximate surface area is 92.4 Å². The minimum absolute atomic E-state index is 0.281. The monoisotopic (exact) mass is 213 g/mol. The van der Waals surface area contributed by atoms with E-state index in [-0.39, 0.29) is 6.61 Å². The van der Waals surface area contributed by atoms with E-state index in [1.54, 1.807) is 0 Å². The summed E-state index contributed by atoms with van der Waals surface area (Å²) >= 11 is 0. The van der Waals surface area contributed by atoms with Gasteiger partial charge in [-0.2, -0.15) is 0 Å². The summed E-state index contributed by atoms with van der Waals surface area (Å²) in [7, 11) is 0. The zero-order valence-electron chi connectivity index (χ0n) is 9.53. The number of ether oxygens (including phenoxy) is 1. The molecule has 3 heteroatoms. The van der Waals surface area contributed by atoms with Crippen LogP contribution in [0.25, 0.3) is 0 Å².